The van der Waals surface area contributed by atoms with E-state index in [-0.39, 0.29) is 26.5 Å². The highest BCUT2D eigenvalue weighted by Crippen LogP contribution is 2.32. The lowest BCUT2D eigenvalue weighted by Crippen LogP contribution is -2.36. The van der Waals surface area contributed by atoms with Crippen LogP contribution in [-0.2, 0) is 10.0 Å². The molecule has 1 rings (SSSR count). The van der Waals surface area contributed by atoms with Gasteiger partial charge in [-0.2, -0.15) is 4.31 Å². The first-order valence-corrected chi connectivity index (χ1v) is 8.56. The average molecular weight is 354 g/mol. The van der Waals surface area contributed by atoms with E-state index in [9.17, 15) is 13.2 Å². The van der Waals surface area contributed by atoms with Crippen molar-refractivity contribution < 1.29 is 18.3 Å². The normalized spacial score (nSPS) is 12.1. The Hall–Kier alpha value is -0.820. The fourth-order valence-electron chi connectivity index (χ4n) is 2.06. The molecule has 0 aliphatic carbocycles. The molecule has 0 aliphatic rings. The summed E-state index contributed by atoms with van der Waals surface area (Å²) in [4.78, 5) is 10.8. The summed E-state index contributed by atoms with van der Waals surface area (Å²) in [7, 11) is -2.47. The molecule has 1 aromatic carbocycles. The Labute approximate surface area is 134 Å². The molecule has 1 aromatic rings. The van der Waals surface area contributed by atoms with Crippen LogP contribution in [0.1, 0.15) is 37.0 Å². The van der Waals surface area contributed by atoms with E-state index in [4.69, 9.17) is 28.3 Å². The highest BCUT2D eigenvalue weighted by molar-refractivity contribution is 7.89. The fourth-order valence-corrected chi connectivity index (χ4v) is 4.44. The van der Waals surface area contributed by atoms with Gasteiger partial charge in [-0.15, -0.1) is 0 Å². The lowest BCUT2D eigenvalue weighted by atomic mass is 10.2. The fraction of sp³-hybridized carbons (Fsp3) is 0.462. The topological polar surface area (TPSA) is 74.7 Å². The zero-order valence-electron chi connectivity index (χ0n) is 11.9. The van der Waals surface area contributed by atoms with Crippen LogP contribution in [0.25, 0.3) is 0 Å². The number of rotatable bonds is 6. The number of sulfonamides is 1. The minimum absolute atomic E-state index is 0.00771. The summed E-state index contributed by atoms with van der Waals surface area (Å²) in [5.41, 5.74) is -0.333. The highest BCUT2D eigenvalue weighted by atomic mass is 35.5. The average Bonchev–Trinajstić information content (AvgIpc) is 2.41. The number of carbonyl (C=O) groups is 1. The molecule has 0 heterocycles. The van der Waals surface area contributed by atoms with Crippen LogP contribution in [0.5, 0.6) is 0 Å². The molecular formula is C13H17Cl2NO4S. The molecule has 0 saturated heterocycles. The first-order valence-electron chi connectivity index (χ1n) is 6.37. The van der Waals surface area contributed by atoms with Crippen LogP contribution in [0.2, 0.25) is 10.0 Å². The number of halogens is 2. The lowest BCUT2D eigenvalue weighted by Gasteiger charge is -2.26. The van der Waals surface area contributed by atoms with E-state index in [1.54, 1.807) is 0 Å². The van der Waals surface area contributed by atoms with Gasteiger partial charge in [0.15, 0.2) is 0 Å². The molecule has 5 nitrogen and oxygen atoms in total. The van der Waals surface area contributed by atoms with Gasteiger partial charge in [-0.1, -0.05) is 37.0 Å². The summed E-state index contributed by atoms with van der Waals surface area (Å²) in [5.74, 6) is -1.33. The second-order valence-electron chi connectivity index (χ2n) is 4.56. The molecule has 0 amide bonds. The molecule has 1 N–H and O–H groups in total. The van der Waals surface area contributed by atoms with Crippen LogP contribution < -0.4 is 0 Å². The molecule has 21 heavy (non-hydrogen) atoms. The van der Waals surface area contributed by atoms with Crippen molar-refractivity contribution in [3.63, 3.8) is 0 Å². The third-order valence-corrected chi connectivity index (χ3v) is 6.02. The maximum atomic E-state index is 12.6. The SMILES string of the molecule is CCC(CC)N(C)S(=O)(=O)c1cc(Cl)cc(C(=O)O)c1Cl. The van der Waals surface area contributed by atoms with Crippen molar-refractivity contribution in [2.45, 2.75) is 37.6 Å². The third-order valence-electron chi connectivity index (χ3n) is 3.35. The summed E-state index contributed by atoms with van der Waals surface area (Å²) in [6, 6.07) is 2.10. The Balaban J connectivity index is 3.48. The van der Waals surface area contributed by atoms with Gasteiger partial charge < -0.3 is 5.11 Å². The van der Waals surface area contributed by atoms with Crippen LogP contribution >= 0.6 is 23.2 Å². The Morgan fingerprint density at radius 1 is 1.29 bits per heavy atom. The Bertz CT molecular complexity index is 642. The van der Waals surface area contributed by atoms with E-state index >= 15 is 0 Å². The Morgan fingerprint density at radius 2 is 1.81 bits per heavy atom. The number of carboxylic acids is 1. The molecule has 118 valence electrons. The molecule has 0 fully saturated rings. The maximum Gasteiger partial charge on any atom is 0.337 e. The molecule has 0 radical (unpaired) electrons. The van der Waals surface area contributed by atoms with E-state index in [1.807, 2.05) is 13.8 Å². The minimum Gasteiger partial charge on any atom is -0.478 e. The summed E-state index contributed by atoms with van der Waals surface area (Å²) in [6.07, 6.45) is 1.27. The number of nitrogens with zero attached hydrogens (tertiary/aromatic N) is 1. The molecule has 0 aliphatic heterocycles. The largest absolute Gasteiger partial charge is 0.478 e. The number of hydrogen-bond acceptors (Lipinski definition) is 3. The van der Waals surface area contributed by atoms with Crippen molar-refractivity contribution in [3.8, 4) is 0 Å². The predicted octanol–water partition coefficient (Wildman–Crippen LogP) is 3.50. The van der Waals surface area contributed by atoms with Crippen LogP contribution in [0.15, 0.2) is 17.0 Å². The van der Waals surface area contributed by atoms with Crippen LogP contribution in [0.3, 0.4) is 0 Å². The summed E-state index contributed by atoms with van der Waals surface area (Å²) >= 11 is 11.8. The van der Waals surface area contributed by atoms with Gasteiger partial charge in [0.05, 0.1) is 10.6 Å². The maximum absolute atomic E-state index is 12.6. The summed E-state index contributed by atoms with van der Waals surface area (Å²) in [5, 5.41) is 8.75. The van der Waals surface area contributed by atoms with Crippen molar-refractivity contribution >= 4 is 39.2 Å². The quantitative estimate of drug-likeness (QED) is 0.848. The smallest absolute Gasteiger partial charge is 0.337 e. The van der Waals surface area contributed by atoms with Crippen molar-refractivity contribution in [2.75, 3.05) is 7.05 Å². The minimum atomic E-state index is -3.92. The van der Waals surface area contributed by atoms with Crippen molar-refractivity contribution in [1.82, 2.24) is 4.31 Å². The van der Waals surface area contributed by atoms with E-state index in [1.165, 1.54) is 17.4 Å². The molecular weight excluding hydrogens is 337 g/mol. The molecule has 0 aromatic heterocycles. The third kappa shape index (κ3) is 3.69. The zero-order chi connectivity index (χ0) is 16.4. The van der Waals surface area contributed by atoms with Gasteiger partial charge in [-0.3, -0.25) is 0 Å². The van der Waals surface area contributed by atoms with E-state index in [2.05, 4.69) is 0 Å². The van der Waals surface area contributed by atoms with Gasteiger partial charge in [0, 0.05) is 18.1 Å². The van der Waals surface area contributed by atoms with Crippen molar-refractivity contribution in [2.24, 2.45) is 0 Å². The number of benzene rings is 1. The predicted molar refractivity (Wildman–Crippen MR) is 82.7 cm³/mol. The molecule has 0 bridgehead atoms. The molecule has 0 atom stereocenters. The first kappa shape index (κ1) is 18.2. The zero-order valence-corrected chi connectivity index (χ0v) is 14.3. The number of carboxylic acid groups (broad SMARTS) is 1. The van der Waals surface area contributed by atoms with Gasteiger partial charge in [0.25, 0.3) is 0 Å². The lowest BCUT2D eigenvalue weighted by molar-refractivity contribution is 0.0697. The first-order chi connectivity index (χ1) is 9.66. The van der Waals surface area contributed by atoms with Crippen LogP contribution in [-0.4, -0.2) is 36.9 Å². The molecule has 0 spiro atoms. The van der Waals surface area contributed by atoms with Crippen molar-refractivity contribution in [1.29, 1.82) is 0 Å². The second-order valence-corrected chi connectivity index (χ2v) is 7.34. The molecule has 0 saturated carbocycles. The Morgan fingerprint density at radius 3 is 2.24 bits per heavy atom. The van der Waals surface area contributed by atoms with Gasteiger partial charge in [0.2, 0.25) is 10.0 Å². The Kier molecular flexibility index (Phi) is 6.04. The molecule has 0 unspecified atom stereocenters. The summed E-state index contributed by atoms with van der Waals surface area (Å²) in [6.45, 7) is 3.75. The highest BCUT2D eigenvalue weighted by Gasteiger charge is 2.30. The molecule has 8 heteroatoms. The number of hydrogen-bond donors (Lipinski definition) is 1. The van der Waals surface area contributed by atoms with Gasteiger partial charge in [0.1, 0.15) is 4.90 Å². The standard InChI is InChI=1S/C13H17Cl2NO4S/c1-4-9(5-2)16(3)21(19,20)11-7-8(14)6-10(12(11)15)13(17)18/h6-7,9H,4-5H2,1-3H3,(H,17,18). The summed E-state index contributed by atoms with van der Waals surface area (Å²) < 4.78 is 26.5. The van der Waals surface area contributed by atoms with Crippen LogP contribution in [0.4, 0.5) is 0 Å². The monoisotopic (exact) mass is 353 g/mol. The van der Waals surface area contributed by atoms with E-state index in [0.717, 1.165) is 6.07 Å². The van der Waals surface area contributed by atoms with Crippen molar-refractivity contribution in [3.05, 3.63) is 27.7 Å². The van der Waals surface area contributed by atoms with E-state index < -0.39 is 16.0 Å². The van der Waals surface area contributed by atoms with Gasteiger partial charge in [-0.25, -0.2) is 13.2 Å². The van der Waals surface area contributed by atoms with E-state index in [0.29, 0.717) is 12.8 Å². The van der Waals surface area contributed by atoms with Gasteiger partial charge >= 0.3 is 5.97 Å². The number of aromatic carboxylic acids is 1. The van der Waals surface area contributed by atoms with Gasteiger partial charge in [-0.05, 0) is 25.0 Å². The van der Waals surface area contributed by atoms with Crippen LogP contribution in [0, 0.1) is 0 Å². The second kappa shape index (κ2) is 6.96.